The maximum absolute atomic E-state index is 12.5. The lowest BCUT2D eigenvalue weighted by Crippen LogP contribution is -2.47. The van der Waals surface area contributed by atoms with Crippen molar-refractivity contribution >= 4 is 17.2 Å². The summed E-state index contributed by atoms with van der Waals surface area (Å²) in [6.07, 6.45) is 3.83. The fourth-order valence-electron chi connectivity index (χ4n) is 3.81. The zero-order valence-electron chi connectivity index (χ0n) is 14.1. The first-order chi connectivity index (χ1) is 11.3. The number of morpholine rings is 1. The lowest BCUT2D eigenvalue weighted by atomic mass is 9.99. The summed E-state index contributed by atoms with van der Waals surface area (Å²) >= 11 is 1.79. The third-order valence-electron chi connectivity index (χ3n) is 5.19. The molecule has 1 aromatic heterocycles. The minimum absolute atomic E-state index is 0.343. The van der Waals surface area contributed by atoms with Gasteiger partial charge in [-0.2, -0.15) is 0 Å². The van der Waals surface area contributed by atoms with Crippen LogP contribution in [-0.2, 0) is 16.0 Å². The molecule has 3 rings (SSSR count). The normalized spacial score (nSPS) is 25.9. The molecule has 4 nitrogen and oxygen atoms in total. The SMILES string of the molecule is CC[C@@H]1CN(C(=O)CCCc2cccs2)C[C@H]1N1CCOCC1. The molecular weight excluding hydrogens is 308 g/mol. The second-order valence-corrected chi connectivity index (χ2v) is 7.65. The van der Waals surface area contributed by atoms with Crippen LogP contribution in [-0.4, -0.2) is 61.1 Å². The van der Waals surface area contributed by atoms with Crippen LogP contribution in [0.2, 0.25) is 0 Å². The Labute approximate surface area is 143 Å². The van der Waals surface area contributed by atoms with Crippen LogP contribution in [0, 0.1) is 5.92 Å². The number of thiophene rings is 1. The first kappa shape index (κ1) is 16.9. The van der Waals surface area contributed by atoms with Crippen molar-refractivity contribution < 1.29 is 9.53 Å². The van der Waals surface area contributed by atoms with Gasteiger partial charge in [0.05, 0.1) is 13.2 Å². The number of hydrogen-bond donors (Lipinski definition) is 0. The molecule has 0 spiro atoms. The van der Waals surface area contributed by atoms with Crippen molar-refractivity contribution in [3.63, 3.8) is 0 Å². The summed E-state index contributed by atoms with van der Waals surface area (Å²) in [6, 6.07) is 4.78. The van der Waals surface area contributed by atoms with E-state index in [4.69, 9.17) is 4.74 Å². The van der Waals surface area contributed by atoms with Crippen LogP contribution < -0.4 is 0 Å². The average Bonchev–Trinajstić information content (AvgIpc) is 3.25. The van der Waals surface area contributed by atoms with Gasteiger partial charge >= 0.3 is 0 Å². The fraction of sp³-hybridized carbons (Fsp3) is 0.722. The second kappa shape index (κ2) is 8.27. The van der Waals surface area contributed by atoms with Crippen molar-refractivity contribution in [2.45, 2.75) is 38.6 Å². The first-order valence-corrected chi connectivity index (χ1v) is 9.78. The Kier molecular flexibility index (Phi) is 6.08. The third kappa shape index (κ3) is 4.34. The smallest absolute Gasteiger partial charge is 0.222 e. The van der Waals surface area contributed by atoms with E-state index < -0.39 is 0 Å². The number of ether oxygens (including phenoxy) is 1. The number of likely N-dealkylation sites (tertiary alicyclic amines) is 1. The molecule has 2 fully saturated rings. The summed E-state index contributed by atoms with van der Waals surface area (Å²) in [5.41, 5.74) is 0. The highest BCUT2D eigenvalue weighted by Gasteiger charge is 2.37. The summed E-state index contributed by atoms with van der Waals surface area (Å²) in [7, 11) is 0. The van der Waals surface area contributed by atoms with Gasteiger partial charge in [-0.15, -0.1) is 11.3 Å². The van der Waals surface area contributed by atoms with Crippen molar-refractivity contribution in [1.82, 2.24) is 9.80 Å². The van der Waals surface area contributed by atoms with Crippen LogP contribution in [0.15, 0.2) is 17.5 Å². The summed E-state index contributed by atoms with van der Waals surface area (Å²) in [5, 5.41) is 2.11. The Hall–Kier alpha value is -0.910. The van der Waals surface area contributed by atoms with Crippen LogP contribution in [0.4, 0.5) is 0 Å². The van der Waals surface area contributed by atoms with E-state index in [1.807, 2.05) is 0 Å². The minimum atomic E-state index is 0.343. The molecule has 2 atom stereocenters. The maximum Gasteiger partial charge on any atom is 0.222 e. The minimum Gasteiger partial charge on any atom is -0.379 e. The van der Waals surface area contributed by atoms with Gasteiger partial charge in [0.15, 0.2) is 0 Å². The monoisotopic (exact) mass is 336 g/mol. The molecule has 0 saturated carbocycles. The molecule has 5 heteroatoms. The summed E-state index contributed by atoms with van der Waals surface area (Å²) in [6.45, 7) is 7.81. The van der Waals surface area contributed by atoms with Crippen molar-refractivity contribution in [3.8, 4) is 0 Å². The van der Waals surface area contributed by atoms with E-state index in [1.54, 1.807) is 11.3 Å². The van der Waals surface area contributed by atoms with E-state index in [0.29, 0.717) is 24.3 Å². The number of aryl methyl sites for hydroxylation is 1. The number of hydrogen-bond acceptors (Lipinski definition) is 4. The number of rotatable bonds is 6. The van der Waals surface area contributed by atoms with E-state index in [-0.39, 0.29) is 0 Å². The van der Waals surface area contributed by atoms with Crippen molar-refractivity contribution in [3.05, 3.63) is 22.4 Å². The first-order valence-electron chi connectivity index (χ1n) is 8.90. The highest BCUT2D eigenvalue weighted by Crippen LogP contribution is 2.26. The summed E-state index contributed by atoms with van der Waals surface area (Å²) < 4.78 is 5.47. The molecule has 0 radical (unpaired) electrons. The number of carbonyl (C=O) groups excluding carboxylic acids is 1. The van der Waals surface area contributed by atoms with E-state index in [9.17, 15) is 4.79 Å². The number of amides is 1. The van der Waals surface area contributed by atoms with E-state index in [1.165, 1.54) is 4.88 Å². The number of carbonyl (C=O) groups is 1. The second-order valence-electron chi connectivity index (χ2n) is 6.62. The molecule has 0 N–H and O–H groups in total. The van der Waals surface area contributed by atoms with Gasteiger partial charge in [0.2, 0.25) is 5.91 Å². The average molecular weight is 337 g/mol. The van der Waals surface area contributed by atoms with Gasteiger partial charge in [-0.3, -0.25) is 9.69 Å². The Morgan fingerprint density at radius 3 is 2.87 bits per heavy atom. The molecule has 2 saturated heterocycles. The Bertz CT molecular complexity index is 485. The van der Waals surface area contributed by atoms with Gasteiger partial charge in [0.1, 0.15) is 0 Å². The van der Waals surface area contributed by atoms with Gasteiger partial charge < -0.3 is 9.64 Å². The predicted molar refractivity (Wildman–Crippen MR) is 93.8 cm³/mol. The van der Waals surface area contributed by atoms with Gasteiger partial charge in [0, 0.05) is 43.5 Å². The lowest BCUT2D eigenvalue weighted by Gasteiger charge is -2.34. The van der Waals surface area contributed by atoms with Gasteiger partial charge in [-0.25, -0.2) is 0 Å². The molecule has 3 heterocycles. The van der Waals surface area contributed by atoms with Crippen LogP contribution in [0.3, 0.4) is 0 Å². The van der Waals surface area contributed by atoms with Crippen LogP contribution in [0.25, 0.3) is 0 Å². The number of nitrogens with zero attached hydrogens (tertiary/aromatic N) is 2. The van der Waals surface area contributed by atoms with Crippen LogP contribution in [0.5, 0.6) is 0 Å². The Morgan fingerprint density at radius 2 is 2.17 bits per heavy atom. The van der Waals surface area contributed by atoms with Gasteiger partial charge in [-0.1, -0.05) is 19.4 Å². The fourth-order valence-corrected chi connectivity index (χ4v) is 4.56. The third-order valence-corrected chi connectivity index (χ3v) is 6.13. The standard InChI is InChI=1S/C18H28N2O2S/c1-2-15-13-20(14-17(15)19-8-10-22-11-9-19)18(21)7-3-5-16-6-4-12-23-16/h4,6,12,15,17H,2-3,5,7-11,13-14H2,1H3/t15-,17-/m1/s1. The van der Waals surface area contributed by atoms with E-state index in [2.05, 4.69) is 34.2 Å². The van der Waals surface area contributed by atoms with Crippen LogP contribution in [0.1, 0.15) is 31.1 Å². The molecule has 23 heavy (non-hydrogen) atoms. The maximum atomic E-state index is 12.5. The summed E-state index contributed by atoms with van der Waals surface area (Å²) in [5.74, 6) is 0.963. The highest BCUT2D eigenvalue weighted by atomic mass is 32.1. The predicted octanol–water partition coefficient (Wildman–Crippen LogP) is 2.64. The molecule has 1 amide bonds. The molecule has 0 aromatic carbocycles. The largest absolute Gasteiger partial charge is 0.379 e. The summed E-state index contributed by atoms with van der Waals surface area (Å²) in [4.78, 5) is 18.6. The Morgan fingerprint density at radius 1 is 1.35 bits per heavy atom. The van der Waals surface area contributed by atoms with Crippen molar-refractivity contribution in [2.24, 2.45) is 5.92 Å². The molecule has 128 valence electrons. The molecule has 0 unspecified atom stereocenters. The molecule has 1 aromatic rings. The molecule has 0 bridgehead atoms. The van der Waals surface area contributed by atoms with Crippen molar-refractivity contribution in [1.29, 1.82) is 0 Å². The zero-order valence-corrected chi connectivity index (χ0v) is 14.9. The molecular formula is C18H28N2O2S. The quantitative estimate of drug-likeness (QED) is 0.801. The highest BCUT2D eigenvalue weighted by molar-refractivity contribution is 7.09. The van der Waals surface area contributed by atoms with Gasteiger partial charge in [-0.05, 0) is 30.2 Å². The zero-order chi connectivity index (χ0) is 16.1. The van der Waals surface area contributed by atoms with Crippen LogP contribution >= 0.6 is 11.3 Å². The molecule has 2 aliphatic heterocycles. The van der Waals surface area contributed by atoms with E-state index in [0.717, 1.165) is 58.7 Å². The van der Waals surface area contributed by atoms with E-state index >= 15 is 0 Å². The topological polar surface area (TPSA) is 32.8 Å². The molecule has 2 aliphatic rings. The van der Waals surface area contributed by atoms with Crippen molar-refractivity contribution in [2.75, 3.05) is 39.4 Å². The lowest BCUT2D eigenvalue weighted by molar-refractivity contribution is -0.130. The Balaban J connectivity index is 1.48. The van der Waals surface area contributed by atoms with Gasteiger partial charge in [0.25, 0.3) is 0 Å². The molecule has 0 aliphatic carbocycles.